The highest BCUT2D eigenvalue weighted by Gasteiger charge is 2.17. The first-order valence-electron chi connectivity index (χ1n) is 21.4. The van der Waals surface area contributed by atoms with Gasteiger partial charge in [0, 0.05) is 51.2 Å². The van der Waals surface area contributed by atoms with Gasteiger partial charge in [0.05, 0.1) is 0 Å². The van der Waals surface area contributed by atoms with Crippen LogP contribution in [0.4, 0.5) is 51.2 Å². The van der Waals surface area contributed by atoms with E-state index < -0.39 is 0 Å². The Balaban J connectivity index is 0.987. The van der Waals surface area contributed by atoms with Crippen LogP contribution in [-0.4, -0.2) is 0 Å². The van der Waals surface area contributed by atoms with Crippen molar-refractivity contribution in [3.63, 3.8) is 0 Å². The highest BCUT2D eigenvalue weighted by molar-refractivity contribution is 5.83. The Labute approximate surface area is 367 Å². The second-order valence-corrected chi connectivity index (χ2v) is 16.4. The van der Waals surface area contributed by atoms with E-state index in [9.17, 15) is 0 Å². The topological polar surface area (TPSA) is 9.72 Å². The number of nitrogens with zero attached hydrogens (tertiary/aromatic N) is 3. The van der Waals surface area contributed by atoms with Gasteiger partial charge in [-0.2, -0.15) is 0 Å². The molecule has 0 saturated heterocycles. The van der Waals surface area contributed by atoms with E-state index in [-0.39, 0.29) is 0 Å². The van der Waals surface area contributed by atoms with Gasteiger partial charge in [-0.25, -0.2) is 0 Å². The number of hydrogen-bond donors (Lipinski definition) is 0. The van der Waals surface area contributed by atoms with Crippen LogP contribution in [0.1, 0.15) is 27.8 Å². The minimum absolute atomic E-state index is 1.10. The Hall–Kier alpha value is -7.62. The fraction of sp³-hybridized carbons (Fsp3) is 0.0847. The average Bonchev–Trinajstić information content (AvgIpc) is 3.29. The smallest absolute Gasteiger partial charge is 0.0464 e. The summed E-state index contributed by atoms with van der Waals surface area (Å²) in [6.45, 7) is 10.7. The SMILES string of the molecule is Cc1ccc(N(c2ccc(-c3ccc(N(c4cccc(C)c4)c4cccc(C)c4)cc3)cc2)c2ccc(-c3ccc(N(c4cccc(C)c4)c4cccc(C)c4)cc3)cc2)cc1. The van der Waals surface area contributed by atoms with E-state index in [2.05, 4.69) is 268 Å². The van der Waals surface area contributed by atoms with Crippen molar-refractivity contribution in [3.05, 3.63) is 246 Å². The van der Waals surface area contributed by atoms with Gasteiger partial charge in [-0.15, -0.1) is 0 Å². The summed E-state index contributed by atoms with van der Waals surface area (Å²) in [7, 11) is 0. The standard InChI is InChI=1S/C59H51N3/c1-42-18-28-51(29-19-42)60(52-30-20-47(21-31-52)49-24-34-54(35-25-49)61(56-14-6-10-43(2)38-56)57-15-7-11-44(3)39-57)53-32-22-48(23-33-53)50-26-36-55(37-27-50)62(58-16-8-12-45(4)40-58)59-17-9-13-46(5)41-59/h6-41H,1-5H3. The molecule has 0 radical (unpaired) electrons. The molecule has 62 heavy (non-hydrogen) atoms. The minimum atomic E-state index is 1.10. The molecule has 3 nitrogen and oxygen atoms in total. The zero-order valence-electron chi connectivity index (χ0n) is 36.1. The van der Waals surface area contributed by atoms with Crippen LogP contribution in [-0.2, 0) is 0 Å². The van der Waals surface area contributed by atoms with Crippen molar-refractivity contribution in [2.75, 3.05) is 14.7 Å². The number of benzene rings is 9. The van der Waals surface area contributed by atoms with Crippen LogP contribution in [0, 0.1) is 34.6 Å². The van der Waals surface area contributed by atoms with Gasteiger partial charge in [0.1, 0.15) is 0 Å². The Kier molecular flexibility index (Phi) is 11.3. The van der Waals surface area contributed by atoms with Gasteiger partial charge in [-0.1, -0.05) is 115 Å². The third-order valence-corrected chi connectivity index (χ3v) is 11.5. The second-order valence-electron chi connectivity index (χ2n) is 16.4. The van der Waals surface area contributed by atoms with Gasteiger partial charge in [-0.05, 0) is 188 Å². The monoisotopic (exact) mass is 801 g/mol. The molecule has 9 aromatic carbocycles. The molecule has 0 amide bonds. The van der Waals surface area contributed by atoms with Gasteiger partial charge in [-0.3, -0.25) is 0 Å². The molecule has 0 atom stereocenters. The Morgan fingerprint density at radius 3 is 0.629 bits per heavy atom. The van der Waals surface area contributed by atoms with Crippen molar-refractivity contribution in [2.45, 2.75) is 34.6 Å². The summed E-state index contributed by atoms with van der Waals surface area (Å²) < 4.78 is 0. The predicted octanol–water partition coefficient (Wildman–Crippen LogP) is 17.0. The van der Waals surface area contributed by atoms with Crippen LogP contribution in [0.3, 0.4) is 0 Å². The molecular weight excluding hydrogens is 751 g/mol. The van der Waals surface area contributed by atoms with Crippen molar-refractivity contribution in [1.29, 1.82) is 0 Å². The lowest BCUT2D eigenvalue weighted by atomic mass is 10.0. The van der Waals surface area contributed by atoms with Crippen molar-refractivity contribution in [3.8, 4) is 22.3 Å². The van der Waals surface area contributed by atoms with Gasteiger partial charge in [0.2, 0.25) is 0 Å². The Morgan fingerprint density at radius 1 is 0.194 bits per heavy atom. The van der Waals surface area contributed by atoms with E-state index in [0.717, 1.165) is 51.2 Å². The third-order valence-electron chi connectivity index (χ3n) is 11.5. The summed E-state index contributed by atoms with van der Waals surface area (Å²) in [5.74, 6) is 0. The molecule has 302 valence electrons. The van der Waals surface area contributed by atoms with E-state index in [0.29, 0.717) is 0 Å². The number of anilines is 9. The Bertz CT molecular complexity index is 2660. The normalized spacial score (nSPS) is 11.0. The first kappa shape index (κ1) is 39.8. The van der Waals surface area contributed by atoms with Crippen molar-refractivity contribution < 1.29 is 0 Å². The molecule has 3 heteroatoms. The van der Waals surface area contributed by atoms with Crippen LogP contribution in [0.25, 0.3) is 22.3 Å². The van der Waals surface area contributed by atoms with Crippen LogP contribution in [0.2, 0.25) is 0 Å². The predicted molar refractivity (Wildman–Crippen MR) is 265 cm³/mol. The molecule has 0 N–H and O–H groups in total. The average molecular weight is 802 g/mol. The van der Waals surface area contributed by atoms with Crippen LogP contribution >= 0.6 is 0 Å². The van der Waals surface area contributed by atoms with Crippen LogP contribution < -0.4 is 14.7 Å². The molecular formula is C59H51N3. The van der Waals surface area contributed by atoms with Crippen LogP contribution in [0.5, 0.6) is 0 Å². The number of aryl methyl sites for hydroxylation is 5. The second kappa shape index (κ2) is 17.5. The molecule has 0 aliphatic heterocycles. The zero-order valence-corrected chi connectivity index (χ0v) is 36.1. The fourth-order valence-corrected chi connectivity index (χ4v) is 8.32. The van der Waals surface area contributed by atoms with Crippen molar-refractivity contribution in [1.82, 2.24) is 0 Å². The maximum absolute atomic E-state index is 2.34. The van der Waals surface area contributed by atoms with Crippen molar-refractivity contribution in [2.24, 2.45) is 0 Å². The first-order valence-corrected chi connectivity index (χ1v) is 21.4. The molecule has 9 rings (SSSR count). The summed E-state index contributed by atoms with van der Waals surface area (Å²) in [5, 5.41) is 0. The summed E-state index contributed by atoms with van der Waals surface area (Å²) in [5.41, 5.74) is 21.0. The zero-order chi connectivity index (χ0) is 42.6. The quantitative estimate of drug-likeness (QED) is 0.129. The van der Waals surface area contributed by atoms with E-state index in [1.54, 1.807) is 0 Å². The van der Waals surface area contributed by atoms with E-state index in [1.165, 1.54) is 50.1 Å². The third kappa shape index (κ3) is 8.66. The molecule has 0 fully saturated rings. The van der Waals surface area contributed by atoms with Gasteiger partial charge in [0.15, 0.2) is 0 Å². The highest BCUT2D eigenvalue weighted by atomic mass is 15.2. The first-order chi connectivity index (χ1) is 30.3. The molecule has 0 saturated carbocycles. The molecule has 0 spiro atoms. The molecule has 0 aromatic heterocycles. The number of hydrogen-bond acceptors (Lipinski definition) is 3. The lowest BCUT2D eigenvalue weighted by Gasteiger charge is -2.27. The molecule has 0 heterocycles. The van der Waals surface area contributed by atoms with Crippen molar-refractivity contribution >= 4 is 51.2 Å². The van der Waals surface area contributed by atoms with Gasteiger partial charge < -0.3 is 14.7 Å². The van der Waals surface area contributed by atoms with Gasteiger partial charge >= 0.3 is 0 Å². The molecule has 0 aliphatic carbocycles. The summed E-state index contributed by atoms with van der Waals surface area (Å²) in [4.78, 5) is 7.00. The van der Waals surface area contributed by atoms with E-state index in [4.69, 9.17) is 0 Å². The summed E-state index contributed by atoms with van der Waals surface area (Å²) >= 11 is 0. The molecule has 0 bridgehead atoms. The maximum Gasteiger partial charge on any atom is 0.0464 e. The molecule has 0 unspecified atom stereocenters. The number of rotatable bonds is 11. The highest BCUT2D eigenvalue weighted by Crippen LogP contribution is 2.40. The minimum Gasteiger partial charge on any atom is -0.311 e. The van der Waals surface area contributed by atoms with E-state index >= 15 is 0 Å². The summed E-state index contributed by atoms with van der Waals surface area (Å²) in [6, 6.07) is 79.3. The lowest BCUT2D eigenvalue weighted by Crippen LogP contribution is -2.10. The van der Waals surface area contributed by atoms with Gasteiger partial charge in [0.25, 0.3) is 0 Å². The lowest BCUT2D eigenvalue weighted by molar-refractivity contribution is 1.26. The molecule has 9 aromatic rings. The maximum atomic E-state index is 2.34. The van der Waals surface area contributed by atoms with Crippen LogP contribution in [0.15, 0.2) is 218 Å². The summed E-state index contributed by atoms with van der Waals surface area (Å²) in [6.07, 6.45) is 0. The van der Waals surface area contributed by atoms with E-state index in [1.807, 2.05) is 0 Å². The fourth-order valence-electron chi connectivity index (χ4n) is 8.32. The molecule has 0 aliphatic rings. The Morgan fingerprint density at radius 2 is 0.403 bits per heavy atom. The largest absolute Gasteiger partial charge is 0.311 e.